The standard InChI is InChI=1S/C20H20N.C5H8O2.Ir/c1-5-16-12-18-15(4)7-6-8-19(18)21-20(16)17-10-13(2)9-14(3)11-17;1-4(6)3-5(2)7;/h6-10,12H,5H2,1-4H3;3,6H,1-2H3;/q-1;;/b;4-3-;. The Kier molecular flexibility index (Phi) is 9.42. The fourth-order valence-corrected chi connectivity index (χ4v) is 3.21. The average molecular weight is 567 g/mol. The molecule has 29 heavy (non-hydrogen) atoms. The first-order chi connectivity index (χ1) is 13.2. The van der Waals surface area contributed by atoms with Gasteiger partial charge in [0.2, 0.25) is 0 Å². The Labute approximate surface area is 187 Å². The molecule has 0 aliphatic rings. The second-order valence-corrected chi connectivity index (χ2v) is 7.14. The number of benzene rings is 2. The van der Waals surface area contributed by atoms with Crippen molar-refractivity contribution >= 4 is 16.7 Å². The van der Waals surface area contributed by atoms with Crippen molar-refractivity contribution in [3.63, 3.8) is 0 Å². The molecular weight excluding hydrogens is 538 g/mol. The van der Waals surface area contributed by atoms with E-state index in [4.69, 9.17) is 10.1 Å². The number of ketones is 1. The maximum Gasteiger partial charge on any atom is 0.155 e. The number of aliphatic hydroxyl groups excluding tert-OH is 1. The van der Waals surface area contributed by atoms with Crippen LogP contribution in [-0.2, 0) is 31.3 Å². The van der Waals surface area contributed by atoms with Gasteiger partial charge in [-0.1, -0.05) is 44.5 Å². The Bertz CT molecular complexity index is 1010. The molecule has 1 radical (unpaired) electrons. The summed E-state index contributed by atoms with van der Waals surface area (Å²) in [7, 11) is 0. The third kappa shape index (κ3) is 6.92. The fourth-order valence-electron chi connectivity index (χ4n) is 3.21. The van der Waals surface area contributed by atoms with Crippen LogP contribution in [0.2, 0.25) is 0 Å². The molecule has 3 aromatic rings. The summed E-state index contributed by atoms with van der Waals surface area (Å²) in [4.78, 5) is 14.9. The molecule has 1 N–H and O–H groups in total. The van der Waals surface area contributed by atoms with Crippen molar-refractivity contribution in [2.45, 2.75) is 48.0 Å². The van der Waals surface area contributed by atoms with E-state index in [9.17, 15) is 4.79 Å². The largest absolute Gasteiger partial charge is 0.512 e. The van der Waals surface area contributed by atoms with Crippen LogP contribution in [0.4, 0.5) is 0 Å². The number of aliphatic hydroxyl groups is 1. The molecule has 2 aromatic carbocycles. The normalized spacial score (nSPS) is 10.8. The molecule has 0 aliphatic heterocycles. The predicted molar refractivity (Wildman–Crippen MR) is 117 cm³/mol. The van der Waals surface area contributed by atoms with E-state index < -0.39 is 0 Å². The Hall–Kier alpha value is -2.29. The molecule has 3 rings (SSSR count). The van der Waals surface area contributed by atoms with E-state index in [1.165, 1.54) is 42.0 Å². The summed E-state index contributed by atoms with van der Waals surface area (Å²) in [5.41, 5.74) is 8.24. The van der Waals surface area contributed by atoms with Crippen LogP contribution < -0.4 is 0 Å². The van der Waals surface area contributed by atoms with Gasteiger partial charge in [0, 0.05) is 31.6 Å². The van der Waals surface area contributed by atoms with Crippen LogP contribution >= 0.6 is 0 Å². The second-order valence-electron chi connectivity index (χ2n) is 7.14. The van der Waals surface area contributed by atoms with Gasteiger partial charge in [0.25, 0.3) is 0 Å². The first kappa shape index (κ1) is 24.7. The first-order valence-electron chi connectivity index (χ1n) is 9.49. The molecule has 0 fully saturated rings. The van der Waals surface area contributed by atoms with Gasteiger partial charge in [0.15, 0.2) is 5.78 Å². The Morgan fingerprint density at radius 2 is 1.83 bits per heavy atom. The number of pyridine rings is 1. The minimum Gasteiger partial charge on any atom is -0.512 e. The topological polar surface area (TPSA) is 50.2 Å². The van der Waals surface area contributed by atoms with E-state index in [1.54, 1.807) is 0 Å². The summed E-state index contributed by atoms with van der Waals surface area (Å²) < 4.78 is 0. The van der Waals surface area contributed by atoms with E-state index >= 15 is 0 Å². The monoisotopic (exact) mass is 567 g/mol. The third-order valence-electron chi connectivity index (χ3n) is 4.35. The van der Waals surface area contributed by atoms with Crippen molar-refractivity contribution in [1.82, 2.24) is 4.98 Å². The Balaban J connectivity index is 0.000000456. The molecule has 0 unspecified atom stereocenters. The molecule has 4 heteroatoms. The summed E-state index contributed by atoms with van der Waals surface area (Å²) in [6.45, 7) is 11.4. The van der Waals surface area contributed by atoms with Gasteiger partial charge in [-0.3, -0.25) is 9.78 Å². The summed E-state index contributed by atoms with van der Waals surface area (Å²) in [5.74, 6) is -0.0625. The first-order valence-corrected chi connectivity index (χ1v) is 9.49. The van der Waals surface area contributed by atoms with Crippen molar-refractivity contribution < 1.29 is 30.0 Å². The van der Waals surface area contributed by atoms with E-state index in [2.05, 4.69) is 70.2 Å². The maximum absolute atomic E-state index is 10.0. The van der Waals surface area contributed by atoms with Crippen LogP contribution in [0.25, 0.3) is 22.2 Å². The van der Waals surface area contributed by atoms with Gasteiger partial charge in [-0.15, -0.1) is 34.9 Å². The number of aryl methyl sites for hydroxylation is 4. The Morgan fingerprint density at radius 3 is 2.34 bits per heavy atom. The molecule has 0 atom stereocenters. The molecule has 1 heterocycles. The van der Waals surface area contributed by atoms with Gasteiger partial charge >= 0.3 is 0 Å². The van der Waals surface area contributed by atoms with Crippen LogP contribution in [0.3, 0.4) is 0 Å². The van der Waals surface area contributed by atoms with E-state index in [-0.39, 0.29) is 31.6 Å². The molecule has 155 valence electrons. The van der Waals surface area contributed by atoms with Crippen molar-refractivity contribution in [2.75, 3.05) is 0 Å². The minimum absolute atomic E-state index is 0. The zero-order valence-corrected chi connectivity index (χ0v) is 20.3. The Morgan fingerprint density at radius 1 is 1.14 bits per heavy atom. The number of aromatic nitrogens is 1. The molecule has 0 saturated heterocycles. The minimum atomic E-state index is -0.125. The van der Waals surface area contributed by atoms with Gasteiger partial charge < -0.3 is 5.11 Å². The summed E-state index contributed by atoms with van der Waals surface area (Å²) in [6, 6.07) is 16.4. The summed E-state index contributed by atoms with van der Waals surface area (Å²) >= 11 is 0. The van der Waals surface area contributed by atoms with Crippen LogP contribution in [0.1, 0.15) is 43.0 Å². The van der Waals surface area contributed by atoms with Crippen LogP contribution in [0, 0.1) is 26.8 Å². The second kappa shape index (κ2) is 11.0. The zero-order chi connectivity index (χ0) is 20.8. The zero-order valence-electron chi connectivity index (χ0n) is 17.9. The molecule has 0 aliphatic carbocycles. The van der Waals surface area contributed by atoms with Crippen molar-refractivity contribution in [1.29, 1.82) is 0 Å². The van der Waals surface area contributed by atoms with Crippen LogP contribution in [0.5, 0.6) is 0 Å². The molecule has 0 amide bonds. The molecule has 3 nitrogen and oxygen atoms in total. The molecule has 1 aromatic heterocycles. The van der Waals surface area contributed by atoms with Gasteiger partial charge in [-0.2, -0.15) is 0 Å². The summed E-state index contributed by atoms with van der Waals surface area (Å²) in [6.07, 6.45) is 2.15. The fraction of sp³-hybridized carbons (Fsp3) is 0.280. The number of rotatable bonds is 3. The van der Waals surface area contributed by atoms with Crippen molar-refractivity contribution in [3.8, 4) is 11.3 Å². The van der Waals surface area contributed by atoms with Crippen LogP contribution in [-0.4, -0.2) is 15.9 Å². The number of allylic oxidation sites excluding steroid dienone is 2. The van der Waals surface area contributed by atoms with Crippen molar-refractivity contribution in [3.05, 3.63) is 76.6 Å². The molecular formula is C25H28IrNO2-. The van der Waals surface area contributed by atoms with E-state index in [1.807, 2.05) is 0 Å². The van der Waals surface area contributed by atoms with Crippen molar-refractivity contribution in [2.24, 2.45) is 0 Å². The number of carbonyl (C=O) groups is 1. The van der Waals surface area contributed by atoms with E-state index in [0.717, 1.165) is 28.8 Å². The third-order valence-corrected chi connectivity index (χ3v) is 4.35. The van der Waals surface area contributed by atoms with Gasteiger partial charge in [-0.25, -0.2) is 0 Å². The molecule has 0 spiro atoms. The van der Waals surface area contributed by atoms with Gasteiger partial charge in [0.05, 0.1) is 11.3 Å². The number of hydrogen-bond acceptors (Lipinski definition) is 3. The van der Waals surface area contributed by atoms with E-state index in [0.29, 0.717) is 0 Å². The van der Waals surface area contributed by atoms with Gasteiger partial charge in [0.1, 0.15) is 0 Å². The molecule has 0 bridgehead atoms. The number of carbonyl (C=O) groups excluding carboxylic acids is 1. The number of nitrogens with zero attached hydrogens (tertiary/aromatic N) is 1. The average Bonchev–Trinajstić information content (AvgIpc) is 2.59. The number of hydrogen-bond donors (Lipinski definition) is 1. The number of fused-ring (bicyclic) bond motifs is 1. The maximum atomic E-state index is 10.0. The quantitative estimate of drug-likeness (QED) is 0.233. The predicted octanol–water partition coefficient (Wildman–Crippen LogP) is 6.22. The SMILES string of the molecule is CC(=O)/C=C(/C)O.CCc1cc2c(C)cccc2nc1-c1[c-]c(C)cc(C)c1.[Ir]. The van der Waals surface area contributed by atoms with Crippen LogP contribution in [0.15, 0.2) is 48.2 Å². The molecule has 0 saturated carbocycles. The smallest absolute Gasteiger partial charge is 0.155 e. The summed E-state index contributed by atoms with van der Waals surface area (Å²) in [5, 5.41) is 9.62. The van der Waals surface area contributed by atoms with Gasteiger partial charge in [-0.05, 0) is 44.5 Å².